The maximum atomic E-state index is 11.5. The normalized spacial score (nSPS) is 17.1. The van der Waals surface area contributed by atoms with Crippen molar-refractivity contribution in [3.63, 3.8) is 0 Å². The van der Waals surface area contributed by atoms with Gasteiger partial charge in [-0.2, -0.15) is 0 Å². The lowest BCUT2D eigenvalue weighted by Gasteiger charge is -2.34. The third-order valence-electron chi connectivity index (χ3n) is 6.95. The lowest BCUT2D eigenvalue weighted by Crippen LogP contribution is -2.40. The average molecular weight is 565 g/mol. The summed E-state index contributed by atoms with van der Waals surface area (Å²) in [5.41, 5.74) is 5.08. The highest BCUT2D eigenvalue weighted by atomic mass is 35.5. The van der Waals surface area contributed by atoms with Gasteiger partial charge in [-0.15, -0.1) is 0 Å². The van der Waals surface area contributed by atoms with E-state index in [-0.39, 0.29) is 11.7 Å². The highest BCUT2D eigenvalue weighted by Gasteiger charge is 2.26. The summed E-state index contributed by atoms with van der Waals surface area (Å²) in [6, 6.07) is 14.2. The minimum atomic E-state index is -0.941. The molecule has 2 aromatic heterocycles. The Kier molecular flexibility index (Phi) is 7.27. The van der Waals surface area contributed by atoms with E-state index in [9.17, 15) is 9.90 Å². The Morgan fingerprint density at radius 3 is 2.74 bits per heavy atom. The minimum Gasteiger partial charge on any atom is -0.486 e. The molecule has 0 bridgehead atoms. The topological polar surface area (TPSA) is 89.7 Å². The van der Waals surface area contributed by atoms with Crippen LogP contribution in [0.1, 0.15) is 33.9 Å². The molecule has 0 unspecified atom stereocenters. The van der Waals surface area contributed by atoms with Gasteiger partial charge >= 0.3 is 5.97 Å². The molecule has 4 heterocycles. The third kappa shape index (κ3) is 5.79. The maximum Gasteiger partial charge on any atom is 0.335 e. The van der Waals surface area contributed by atoms with Crippen molar-refractivity contribution in [1.82, 2.24) is 19.4 Å². The van der Waals surface area contributed by atoms with Crippen molar-refractivity contribution in [3.05, 3.63) is 93.0 Å². The Labute approximate surface area is 235 Å². The number of aromatic nitrogens is 3. The van der Waals surface area contributed by atoms with Crippen LogP contribution < -0.4 is 4.74 Å². The number of ether oxygens (including phenoxy) is 2. The second-order valence-electron chi connectivity index (χ2n) is 9.82. The van der Waals surface area contributed by atoms with E-state index < -0.39 is 5.97 Å². The standard InChI is InChI=1S/C29H26Cl2N4O4/c30-21-2-4-27(24(31)12-21)39-17-22-10-18(5-7-32-22)9-19-13-34(14-19)16-28-33-25-3-1-20(29(36)37)11-26(25)35(28)15-23-6-8-38-23/h1-5,7,9-12,23H,6,8,13-17H2,(H,36,37)/t23-/m0/s1. The molecule has 1 atom stereocenters. The van der Waals surface area contributed by atoms with E-state index in [0.29, 0.717) is 35.5 Å². The van der Waals surface area contributed by atoms with E-state index in [4.69, 9.17) is 37.7 Å². The molecular weight excluding hydrogens is 539 g/mol. The minimum absolute atomic E-state index is 0.141. The van der Waals surface area contributed by atoms with Crippen LogP contribution in [0.15, 0.2) is 60.3 Å². The molecule has 1 N–H and O–H groups in total. The third-order valence-corrected chi connectivity index (χ3v) is 7.48. The van der Waals surface area contributed by atoms with Crippen LogP contribution in [-0.2, 0) is 24.4 Å². The highest BCUT2D eigenvalue weighted by Crippen LogP contribution is 2.29. The Morgan fingerprint density at radius 1 is 1.15 bits per heavy atom. The van der Waals surface area contributed by atoms with Crippen LogP contribution in [0.3, 0.4) is 0 Å². The molecule has 0 aliphatic carbocycles. The van der Waals surface area contributed by atoms with Gasteiger partial charge in [0.2, 0.25) is 0 Å². The van der Waals surface area contributed by atoms with E-state index in [1.165, 1.54) is 5.57 Å². The lowest BCUT2D eigenvalue weighted by atomic mass is 10.0. The Hall–Kier alpha value is -3.43. The molecule has 2 saturated heterocycles. The molecule has 4 aromatic rings. The molecule has 39 heavy (non-hydrogen) atoms. The van der Waals surface area contributed by atoms with Gasteiger partial charge in [-0.05, 0) is 66.1 Å². The second kappa shape index (κ2) is 11.0. The van der Waals surface area contributed by atoms with Crippen molar-refractivity contribution >= 4 is 46.3 Å². The van der Waals surface area contributed by atoms with Crippen LogP contribution in [-0.4, -0.2) is 56.3 Å². The first-order chi connectivity index (χ1) is 18.9. The second-order valence-corrected chi connectivity index (χ2v) is 10.7. The van der Waals surface area contributed by atoms with Gasteiger partial charge in [0.25, 0.3) is 0 Å². The first kappa shape index (κ1) is 25.8. The monoisotopic (exact) mass is 564 g/mol. The molecule has 2 aromatic carbocycles. The number of rotatable bonds is 9. The number of hydrogen-bond acceptors (Lipinski definition) is 6. The molecule has 8 nitrogen and oxygen atoms in total. The summed E-state index contributed by atoms with van der Waals surface area (Å²) in [5.74, 6) is 0.546. The number of carboxylic acid groups (broad SMARTS) is 1. The van der Waals surface area contributed by atoms with Crippen LogP contribution in [0, 0.1) is 0 Å². The number of imidazole rings is 1. The van der Waals surface area contributed by atoms with Crippen LogP contribution in [0.2, 0.25) is 10.0 Å². The summed E-state index contributed by atoms with van der Waals surface area (Å²) in [7, 11) is 0. The van der Waals surface area contributed by atoms with Gasteiger partial charge in [-0.25, -0.2) is 9.78 Å². The molecule has 0 spiro atoms. The highest BCUT2D eigenvalue weighted by molar-refractivity contribution is 6.35. The van der Waals surface area contributed by atoms with Crippen molar-refractivity contribution in [1.29, 1.82) is 0 Å². The summed E-state index contributed by atoms with van der Waals surface area (Å²) < 4.78 is 13.6. The molecule has 6 rings (SSSR count). The van der Waals surface area contributed by atoms with E-state index in [1.54, 1.807) is 42.6 Å². The van der Waals surface area contributed by atoms with Gasteiger partial charge in [0.1, 0.15) is 18.2 Å². The number of halogens is 2. The smallest absolute Gasteiger partial charge is 0.335 e. The van der Waals surface area contributed by atoms with Crippen molar-refractivity contribution in [2.75, 3.05) is 19.7 Å². The van der Waals surface area contributed by atoms with Crippen molar-refractivity contribution in [2.45, 2.75) is 32.2 Å². The lowest BCUT2D eigenvalue weighted by molar-refractivity contribution is -0.0592. The Balaban J connectivity index is 1.11. The first-order valence-corrected chi connectivity index (χ1v) is 13.5. The van der Waals surface area contributed by atoms with Crippen LogP contribution in [0.4, 0.5) is 0 Å². The number of likely N-dealkylation sites (tertiary alicyclic amines) is 1. The van der Waals surface area contributed by atoms with Crippen molar-refractivity contribution in [3.8, 4) is 5.75 Å². The van der Waals surface area contributed by atoms with Gasteiger partial charge in [0, 0.05) is 30.9 Å². The van der Waals surface area contributed by atoms with E-state index >= 15 is 0 Å². The summed E-state index contributed by atoms with van der Waals surface area (Å²) in [6.07, 6.45) is 5.10. The summed E-state index contributed by atoms with van der Waals surface area (Å²) in [4.78, 5) is 23.1. The maximum absolute atomic E-state index is 11.5. The summed E-state index contributed by atoms with van der Waals surface area (Å²) >= 11 is 12.2. The number of benzene rings is 2. The molecule has 2 aliphatic rings. The number of pyridine rings is 1. The predicted molar refractivity (Wildman–Crippen MR) is 149 cm³/mol. The summed E-state index contributed by atoms with van der Waals surface area (Å²) in [6.45, 7) is 4.09. The largest absolute Gasteiger partial charge is 0.486 e. The van der Waals surface area contributed by atoms with Gasteiger partial charge < -0.3 is 19.1 Å². The number of hydrogen-bond donors (Lipinski definition) is 1. The molecule has 10 heteroatoms. The number of nitrogens with zero attached hydrogens (tertiary/aromatic N) is 4. The number of fused-ring (bicyclic) bond motifs is 1. The molecule has 0 amide bonds. The van der Waals surface area contributed by atoms with Gasteiger partial charge in [0.15, 0.2) is 0 Å². The van der Waals surface area contributed by atoms with Gasteiger partial charge in [0.05, 0.1) is 46.5 Å². The van der Waals surface area contributed by atoms with Gasteiger partial charge in [-0.3, -0.25) is 9.88 Å². The zero-order chi connectivity index (χ0) is 26.9. The first-order valence-electron chi connectivity index (χ1n) is 12.7. The molecule has 2 aliphatic heterocycles. The zero-order valence-corrected chi connectivity index (χ0v) is 22.5. The Bertz CT molecular complexity index is 1570. The zero-order valence-electron chi connectivity index (χ0n) is 21.0. The number of aromatic carboxylic acids is 1. The molecule has 0 saturated carbocycles. The van der Waals surface area contributed by atoms with Crippen molar-refractivity contribution < 1.29 is 19.4 Å². The van der Waals surface area contributed by atoms with Crippen LogP contribution in [0.25, 0.3) is 17.1 Å². The van der Waals surface area contributed by atoms with E-state index in [2.05, 4.69) is 20.5 Å². The molecule has 0 radical (unpaired) electrons. The SMILES string of the molecule is O=C(O)c1ccc2nc(CN3CC(=Cc4ccnc(COc5ccc(Cl)cc5Cl)c4)C3)n(C[C@@H]3CCO3)c2c1. The van der Waals surface area contributed by atoms with Crippen LogP contribution >= 0.6 is 23.2 Å². The number of carbonyl (C=O) groups is 1. The fourth-order valence-electron chi connectivity index (χ4n) is 4.84. The molecular formula is C29H26Cl2N4O4. The Morgan fingerprint density at radius 2 is 2.00 bits per heavy atom. The quantitative estimate of drug-likeness (QED) is 0.278. The average Bonchev–Trinajstić information content (AvgIpc) is 3.20. The van der Waals surface area contributed by atoms with Crippen LogP contribution in [0.5, 0.6) is 5.75 Å². The molecule has 200 valence electrons. The fourth-order valence-corrected chi connectivity index (χ4v) is 5.30. The summed E-state index contributed by atoms with van der Waals surface area (Å²) in [5, 5.41) is 10.5. The number of carboxylic acids is 1. The van der Waals surface area contributed by atoms with E-state index in [1.807, 2.05) is 12.1 Å². The van der Waals surface area contributed by atoms with Gasteiger partial charge in [-0.1, -0.05) is 29.3 Å². The van der Waals surface area contributed by atoms with E-state index in [0.717, 1.165) is 54.2 Å². The predicted octanol–water partition coefficient (Wildman–Crippen LogP) is 5.70. The molecule has 2 fully saturated rings. The fraction of sp³-hybridized carbons (Fsp3) is 0.276. The van der Waals surface area contributed by atoms with Crippen molar-refractivity contribution in [2.24, 2.45) is 0 Å².